The molecular weight excluding hydrogens is 331 g/mol. The van der Waals surface area contributed by atoms with Crippen LogP contribution < -0.4 is 0 Å². The first-order valence-corrected chi connectivity index (χ1v) is 8.10. The van der Waals surface area contributed by atoms with E-state index in [1.165, 1.54) is 51.4 Å². The maximum Gasteiger partial charge on any atom is 0.313 e. The summed E-state index contributed by atoms with van der Waals surface area (Å²) in [6.07, 6.45) is 11.8. The molecular formula is C13H27IO3. The van der Waals surface area contributed by atoms with Gasteiger partial charge in [0.15, 0.2) is 0 Å². The third kappa shape index (κ3) is 26.0. The lowest BCUT2D eigenvalue weighted by Crippen LogP contribution is -1.91. The van der Waals surface area contributed by atoms with E-state index in [1.807, 2.05) is 0 Å². The van der Waals surface area contributed by atoms with Gasteiger partial charge in [0.05, 0.1) is 4.43 Å². The molecule has 0 aliphatic rings. The van der Waals surface area contributed by atoms with Crippen LogP contribution in [0.15, 0.2) is 0 Å². The standard InChI is InChI=1S/C11H24O.C2H3IO2/c1-2-3-4-5-6-7-8-9-10-11-12;3-1-2(4)5/h12H,2-11H2,1H3;1H2,(H,4,5). The third-order valence-electron chi connectivity index (χ3n) is 2.38. The van der Waals surface area contributed by atoms with Crippen LogP contribution >= 0.6 is 22.6 Å². The fourth-order valence-electron chi connectivity index (χ4n) is 1.42. The minimum atomic E-state index is -0.759. The van der Waals surface area contributed by atoms with Gasteiger partial charge < -0.3 is 10.2 Å². The molecule has 0 fully saturated rings. The number of aliphatic carboxylic acids is 1. The summed E-state index contributed by atoms with van der Waals surface area (Å²) in [6.45, 7) is 2.62. The highest BCUT2D eigenvalue weighted by atomic mass is 127. The van der Waals surface area contributed by atoms with E-state index in [0.29, 0.717) is 6.61 Å². The van der Waals surface area contributed by atoms with Gasteiger partial charge in [-0.3, -0.25) is 4.79 Å². The quantitative estimate of drug-likeness (QED) is 0.352. The summed E-state index contributed by atoms with van der Waals surface area (Å²) < 4.78 is 0.192. The van der Waals surface area contributed by atoms with E-state index >= 15 is 0 Å². The van der Waals surface area contributed by atoms with Crippen LogP contribution in [-0.2, 0) is 4.79 Å². The fourth-order valence-corrected chi connectivity index (χ4v) is 1.42. The number of aliphatic hydroxyl groups excluding tert-OH is 1. The normalized spacial score (nSPS) is 9.59. The summed E-state index contributed by atoms with van der Waals surface area (Å²) in [5.41, 5.74) is 0. The highest BCUT2D eigenvalue weighted by molar-refractivity contribution is 14.1. The van der Waals surface area contributed by atoms with E-state index in [9.17, 15) is 4.79 Å². The highest BCUT2D eigenvalue weighted by Gasteiger charge is 1.90. The van der Waals surface area contributed by atoms with E-state index in [4.69, 9.17) is 10.2 Å². The lowest BCUT2D eigenvalue weighted by Gasteiger charge is -1.99. The summed E-state index contributed by atoms with van der Waals surface area (Å²) in [5.74, 6) is -0.759. The first-order valence-electron chi connectivity index (χ1n) is 6.57. The Balaban J connectivity index is 0. The van der Waals surface area contributed by atoms with Gasteiger partial charge in [0.25, 0.3) is 0 Å². The van der Waals surface area contributed by atoms with Crippen molar-refractivity contribution in [1.82, 2.24) is 0 Å². The average molecular weight is 358 g/mol. The Morgan fingerprint density at radius 2 is 1.29 bits per heavy atom. The predicted molar refractivity (Wildman–Crippen MR) is 80.8 cm³/mol. The summed E-state index contributed by atoms with van der Waals surface area (Å²) in [5, 5.41) is 16.3. The molecule has 0 amide bonds. The van der Waals surface area contributed by atoms with E-state index in [0.717, 1.165) is 6.42 Å². The number of halogens is 1. The van der Waals surface area contributed by atoms with Crippen LogP contribution in [0.2, 0.25) is 0 Å². The largest absolute Gasteiger partial charge is 0.481 e. The zero-order valence-electron chi connectivity index (χ0n) is 11.0. The fraction of sp³-hybridized carbons (Fsp3) is 0.923. The smallest absolute Gasteiger partial charge is 0.313 e. The molecule has 0 rings (SSSR count). The van der Waals surface area contributed by atoms with E-state index < -0.39 is 5.97 Å². The van der Waals surface area contributed by atoms with E-state index in [-0.39, 0.29) is 4.43 Å². The molecule has 0 heterocycles. The topological polar surface area (TPSA) is 57.5 Å². The second-order valence-corrected chi connectivity index (χ2v) is 4.84. The van der Waals surface area contributed by atoms with Crippen LogP contribution in [0.4, 0.5) is 0 Å². The molecule has 0 radical (unpaired) electrons. The second-order valence-electron chi connectivity index (χ2n) is 4.08. The average Bonchev–Trinajstić information content (AvgIpc) is 2.33. The van der Waals surface area contributed by atoms with Crippen molar-refractivity contribution in [3.63, 3.8) is 0 Å². The minimum absolute atomic E-state index is 0.192. The first kappa shape index (κ1) is 19.5. The Hall–Kier alpha value is 0.160. The monoisotopic (exact) mass is 358 g/mol. The van der Waals surface area contributed by atoms with Gasteiger partial charge in [-0.1, -0.05) is 80.9 Å². The summed E-state index contributed by atoms with van der Waals surface area (Å²) in [6, 6.07) is 0. The molecule has 0 spiro atoms. The number of carbonyl (C=O) groups is 1. The van der Waals surface area contributed by atoms with Crippen LogP contribution in [-0.4, -0.2) is 27.2 Å². The summed E-state index contributed by atoms with van der Waals surface area (Å²) in [7, 11) is 0. The van der Waals surface area contributed by atoms with E-state index in [1.54, 1.807) is 22.6 Å². The molecule has 0 aromatic heterocycles. The molecule has 0 atom stereocenters. The maximum atomic E-state index is 9.36. The van der Waals surface area contributed by atoms with Gasteiger partial charge >= 0.3 is 5.97 Å². The van der Waals surface area contributed by atoms with Gasteiger partial charge in [-0.25, -0.2) is 0 Å². The Kier molecular flexibility index (Phi) is 21.2. The minimum Gasteiger partial charge on any atom is -0.481 e. The van der Waals surface area contributed by atoms with Crippen LogP contribution in [0.25, 0.3) is 0 Å². The van der Waals surface area contributed by atoms with E-state index in [2.05, 4.69) is 6.92 Å². The second kappa shape index (κ2) is 18.5. The number of hydrogen-bond acceptors (Lipinski definition) is 2. The van der Waals surface area contributed by atoms with Crippen molar-refractivity contribution in [1.29, 1.82) is 0 Å². The first-order chi connectivity index (χ1) is 8.18. The number of rotatable bonds is 10. The molecule has 104 valence electrons. The Labute approximate surface area is 119 Å². The number of hydrogen-bond donors (Lipinski definition) is 2. The van der Waals surface area contributed by atoms with Crippen LogP contribution in [0, 0.1) is 0 Å². The molecule has 0 aliphatic carbocycles. The Morgan fingerprint density at radius 1 is 0.941 bits per heavy atom. The predicted octanol–water partition coefficient (Wildman–Crippen LogP) is 4.02. The SMILES string of the molecule is CCCCCCCCCCCO.O=C(O)CI. The summed E-state index contributed by atoms with van der Waals surface area (Å²) in [4.78, 5) is 9.36. The zero-order chi connectivity index (χ0) is 13.4. The molecule has 0 unspecified atom stereocenters. The van der Waals surface area contributed by atoms with Gasteiger partial charge in [0.1, 0.15) is 0 Å². The molecule has 4 heteroatoms. The third-order valence-corrected chi connectivity index (χ3v) is 3.03. The van der Waals surface area contributed by atoms with Crippen molar-refractivity contribution >= 4 is 28.6 Å². The van der Waals surface area contributed by atoms with Crippen LogP contribution in [0.1, 0.15) is 64.7 Å². The Bertz CT molecular complexity index is 142. The molecule has 0 aromatic rings. The van der Waals surface area contributed by atoms with Gasteiger partial charge in [-0.15, -0.1) is 0 Å². The highest BCUT2D eigenvalue weighted by Crippen LogP contribution is 2.08. The molecule has 17 heavy (non-hydrogen) atoms. The number of alkyl halides is 1. The maximum absolute atomic E-state index is 9.36. The Morgan fingerprint density at radius 3 is 1.59 bits per heavy atom. The molecule has 0 aliphatic heterocycles. The van der Waals surface area contributed by atoms with Crippen molar-refractivity contribution < 1.29 is 15.0 Å². The van der Waals surface area contributed by atoms with Crippen molar-refractivity contribution in [2.45, 2.75) is 64.7 Å². The number of carboxylic acids is 1. The summed E-state index contributed by atoms with van der Waals surface area (Å²) >= 11 is 1.78. The molecule has 0 aromatic carbocycles. The van der Waals surface area contributed by atoms with Crippen LogP contribution in [0.5, 0.6) is 0 Å². The lowest BCUT2D eigenvalue weighted by molar-refractivity contribution is -0.133. The molecule has 2 N–H and O–H groups in total. The number of carboxylic acid groups (broad SMARTS) is 1. The molecule has 0 bridgehead atoms. The van der Waals surface area contributed by atoms with Gasteiger partial charge in [-0.2, -0.15) is 0 Å². The van der Waals surface area contributed by atoms with Crippen molar-refractivity contribution in [2.75, 3.05) is 11.0 Å². The van der Waals surface area contributed by atoms with Crippen molar-refractivity contribution in [2.24, 2.45) is 0 Å². The number of aliphatic hydroxyl groups is 1. The van der Waals surface area contributed by atoms with Crippen LogP contribution in [0.3, 0.4) is 0 Å². The molecule has 3 nitrogen and oxygen atoms in total. The van der Waals surface area contributed by atoms with Crippen molar-refractivity contribution in [3.8, 4) is 0 Å². The van der Waals surface area contributed by atoms with Gasteiger partial charge in [0, 0.05) is 6.61 Å². The number of unbranched alkanes of at least 4 members (excludes halogenated alkanes) is 8. The lowest BCUT2D eigenvalue weighted by atomic mass is 10.1. The zero-order valence-corrected chi connectivity index (χ0v) is 13.1. The van der Waals surface area contributed by atoms with Gasteiger partial charge in [-0.05, 0) is 6.42 Å². The molecule has 0 saturated carbocycles. The van der Waals surface area contributed by atoms with Gasteiger partial charge in [0.2, 0.25) is 0 Å². The van der Waals surface area contributed by atoms with Crippen molar-refractivity contribution in [3.05, 3.63) is 0 Å². The molecule has 0 saturated heterocycles.